The molecule has 0 saturated carbocycles. The summed E-state index contributed by atoms with van der Waals surface area (Å²) in [6, 6.07) is 9.25. The predicted molar refractivity (Wildman–Crippen MR) is 72.4 cm³/mol. The van der Waals surface area contributed by atoms with Gasteiger partial charge in [-0.05, 0) is 31.2 Å². The van der Waals surface area contributed by atoms with Crippen LogP contribution in [0, 0.1) is 6.92 Å². The Morgan fingerprint density at radius 2 is 2.11 bits per heavy atom. The maximum Gasteiger partial charge on any atom is 0.153 e. The van der Waals surface area contributed by atoms with Crippen molar-refractivity contribution in [2.75, 3.05) is 11.9 Å². The highest BCUT2D eigenvalue weighted by atomic mass is 35.5. The number of halogens is 1. The van der Waals surface area contributed by atoms with E-state index in [9.17, 15) is 4.79 Å². The largest absolute Gasteiger partial charge is 0.464 e. The van der Waals surface area contributed by atoms with Gasteiger partial charge < -0.3 is 9.32 Å². The summed E-state index contributed by atoms with van der Waals surface area (Å²) in [7, 11) is 1.90. The van der Waals surface area contributed by atoms with Crippen LogP contribution in [-0.4, -0.2) is 13.3 Å². The lowest BCUT2D eigenvalue weighted by molar-refractivity contribution is 0.112. The lowest BCUT2D eigenvalue weighted by atomic mass is 10.1. The molecule has 0 N–H and O–H groups in total. The van der Waals surface area contributed by atoms with Gasteiger partial charge in [0.25, 0.3) is 0 Å². The molecule has 0 fully saturated rings. The van der Waals surface area contributed by atoms with Crippen LogP contribution in [0.25, 0.3) is 0 Å². The molecule has 0 aliphatic carbocycles. The molecule has 18 heavy (non-hydrogen) atoms. The van der Waals surface area contributed by atoms with E-state index >= 15 is 0 Å². The molecule has 2 aromatic rings. The van der Waals surface area contributed by atoms with E-state index in [1.54, 1.807) is 6.07 Å². The van der Waals surface area contributed by atoms with Gasteiger partial charge in [0.1, 0.15) is 11.5 Å². The minimum atomic E-state index is 0.463. The maximum atomic E-state index is 11.1. The summed E-state index contributed by atoms with van der Waals surface area (Å²) in [4.78, 5) is 13.0. The molecule has 0 atom stereocenters. The molecule has 0 amide bonds. The van der Waals surface area contributed by atoms with Crippen LogP contribution < -0.4 is 4.90 Å². The Bertz CT molecular complexity index is 563. The molecular formula is C14H14ClNO2. The van der Waals surface area contributed by atoms with Gasteiger partial charge in [-0.15, -0.1) is 0 Å². The second-order valence-electron chi connectivity index (χ2n) is 4.16. The molecule has 0 bridgehead atoms. The van der Waals surface area contributed by atoms with Gasteiger partial charge in [-0.25, -0.2) is 0 Å². The van der Waals surface area contributed by atoms with E-state index in [2.05, 4.69) is 0 Å². The first kappa shape index (κ1) is 12.7. The Balaban J connectivity index is 2.26. The fraction of sp³-hybridized carbons (Fsp3) is 0.214. The molecule has 0 spiro atoms. The molecule has 0 aliphatic rings. The lowest BCUT2D eigenvalue weighted by Gasteiger charge is -2.20. The number of nitrogens with zero attached hydrogens (tertiary/aromatic N) is 1. The van der Waals surface area contributed by atoms with Crippen molar-refractivity contribution in [3.63, 3.8) is 0 Å². The van der Waals surface area contributed by atoms with Crippen molar-refractivity contribution < 1.29 is 9.21 Å². The first-order valence-electron chi connectivity index (χ1n) is 5.62. The maximum absolute atomic E-state index is 11.1. The van der Waals surface area contributed by atoms with Gasteiger partial charge in [0, 0.05) is 12.7 Å². The highest BCUT2D eigenvalue weighted by Crippen LogP contribution is 2.26. The minimum absolute atomic E-state index is 0.463. The summed E-state index contributed by atoms with van der Waals surface area (Å²) in [5, 5.41) is 0.463. The van der Waals surface area contributed by atoms with Crippen molar-refractivity contribution in [1.29, 1.82) is 0 Å². The van der Waals surface area contributed by atoms with Gasteiger partial charge >= 0.3 is 0 Å². The standard InChI is InChI=1S/C14H14ClNO2/c1-10-6-7-11(18-10)8-16(2)14-5-3-4-13(15)12(14)9-17/h3-7,9H,8H2,1-2H3. The van der Waals surface area contributed by atoms with Crippen LogP contribution in [0.4, 0.5) is 5.69 Å². The fourth-order valence-electron chi connectivity index (χ4n) is 1.86. The average Bonchev–Trinajstić information content (AvgIpc) is 2.74. The molecule has 1 aromatic heterocycles. The number of anilines is 1. The first-order valence-corrected chi connectivity index (χ1v) is 5.99. The van der Waals surface area contributed by atoms with E-state index in [0.29, 0.717) is 17.1 Å². The lowest BCUT2D eigenvalue weighted by Crippen LogP contribution is -2.17. The number of benzene rings is 1. The van der Waals surface area contributed by atoms with Crippen molar-refractivity contribution in [3.05, 3.63) is 52.4 Å². The van der Waals surface area contributed by atoms with Gasteiger partial charge in [-0.3, -0.25) is 4.79 Å². The first-order chi connectivity index (χ1) is 8.61. The van der Waals surface area contributed by atoms with Crippen molar-refractivity contribution in [2.45, 2.75) is 13.5 Å². The number of hydrogen-bond acceptors (Lipinski definition) is 3. The highest BCUT2D eigenvalue weighted by Gasteiger charge is 2.11. The number of carbonyl (C=O) groups is 1. The Morgan fingerprint density at radius 3 is 2.72 bits per heavy atom. The number of carbonyl (C=O) groups excluding carboxylic acids is 1. The van der Waals surface area contributed by atoms with Gasteiger partial charge in [0.2, 0.25) is 0 Å². The van der Waals surface area contributed by atoms with E-state index < -0.39 is 0 Å². The predicted octanol–water partition coefficient (Wildman–Crippen LogP) is 3.69. The van der Waals surface area contributed by atoms with Gasteiger partial charge in [-0.1, -0.05) is 17.7 Å². The van der Waals surface area contributed by atoms with E-state index in [4.69, 9.17) is 16.0 Å². The number of furan rings is 1. The van der Waals surface area contributed by atoms with Crippen molar-refractivity contribution in [2.24, 2.45) is 0 Å². The summed E-state index contributed by atoms with van der Waals surface area (Å²) in [5.41, 5.74) is 1.30. The molecule has 0 saturated heterocycles. The van der Waals surface area contributed by atoms with E-state index in [1.807, 2.05) is 43.1 Å². The second-order valence-corrected chi connectivity index (χ2v) is 4.57. The third kappa shape index (κ3) is 2.57. The van der Waals surface area contributed by atoms with Crippen molar-refractivity contribution in [1.82, 2.24) is 0 Å². The Kier molecular flexibility index (Phi) is 3.72. The number of rotatable bonds is 4. The van der Waals surface area contributed by atoms with Crippen molar-refractivity contribution >= 4 is 23.6 Å². The van der Waals surface area contributed by atoms with Crippen molar-refractivity contribution in [3.8, 4) is 0 Å². The molecule has 94 valence electrons. The molecule has 3 nitrogen and oxygen atoms in total. The van der Waals surface area contributed by atoms with Crippen LogP contribution in [0.3, 0.4) is 0 Å². The third-order valence-corrected chi connectivity index (χ3v) is 3.08. The third-order valence-electron chi connectivity index (χ3n) is 2.75. The molecule has 0 radical (unpaired) electrons. The summed E-state index contributed by atoms with van der Waals surface area (Å²) < 4.78 is 5.52. The van der Waals surface area contributed by atoms with Crippen LogP contribution in [0.15, 0.2) is 34.7 Å². The molecule has 1 aromatic carbocycles. The summed E-state index contributed by atoms with van der Waals surface area (Å²) in [6.45, 7) is 2.49. The Hall–Kier alpha value is -1.74. The molecule has 0 aliphatic heterocycles. The fourth-order valence-corrected chi connectivity index (χ4v) is 2.08. The number of hydrogen-bond donors (Lipinski definition) is 0. The SMILES string of the molecule is Cc1ccc(CN(C)c2cccc(Cl)c2C=O)o1. The van der Waals surface area contributed by atoms with Crippen LogP contribution in [0.2, 0.25) is 5.02 Å². The van der Waals surface area contributed by atoms with Crippen LogP contribution >= 0.6 is 11.6 Å². The minimum Gasteiger partial charge on any atom is -0.464 e. The van der Waals surface area contributed by atoms with Crippen LogP contribution in [0.1, 0.15) is 21.9 Å². The zero-order valence-electron chi connectivity index (χ0n) is 10.3. The zero-order chi connectivity index (χ0) is 13.1. The van der Waals surface area contributed by atoms with Crippen LogP contribution in [-0.2, 0) is 6.54 Å². The summed E-state index contributed by atoms with van der Waals surface area (Å²) in [5.74, 6) is 1.73. The molecule has 1 heterocycles. The van der Waals surface area contributed by atoms with E-state index in [1.165, 1.54) is 0 Å². The van der Waals surface area contributed by atoms with Gasteiger partial charge in [0.05, 0.1) is 17.1 Å². The Morgan fingerprint density at radius 1 is 1.33 bits per heavy atom. The van der Waals surface area contributed by atoms with Crippen LogP contribution in [0.5, 0.6) is 0 Å². The highest BCUT2D eigenvalue weighted by molar-refractivity contribution is 6.33. The monoisotopic (exact) mass is 263 g/mol. The zero-order valence-corrected chi connectivity index (χ0v) is 11.1. The Labute approximate surface area is 111 Å². The van der Waals surface area contributed by atoms with Gasteiger partial charge in [-0.2, -0.15) is 0 Å². The quantitative estimate of drug-likeness (QED) is 0.789. The molecule has 0 unspecified atom stereocenters. The second kappa shape index (κ2) is 5.27. The topological polar surface area (TPSA) is 33.5 Å². The summed E-state index contributed by atoms with van der Waals surface area (Å²) >= 11 is 6.00. The van der Waals surface area contributed by atoms with Gasteiger partial charge in [0.15, 0.2) is 6.29 Å². The number of aldehydes is 1. The summed E-state index contributed by atoms with van der Waals surface area (Å²) in [6.07, 6.45) is 0.779. The van der Waals surface area contributed by atoms with E-state index in [0.717, 1.165) is 23.5 Å². The normalized spacial score (nSPS) is 10.4. The number of aryl methyl sites for hydroxylation is 1. The molecule has 4 heteroatoms. The average molecular weight is 264 g/mol. The molecular weight excluding hydrogens is 250 g/mol. The van der Waals surface area contributed by atoms with E-state index in [-0.39, 0.29) is 0 Å². The molecule has 2 rings (SSSR count). The smallest absolute Gasteiger partial charge is 0.153 e.